The smallest absolute Gasteiger partial charge is 0.160 e. The normalized spacial score (nSPS) is 26.6. The van der Waals surface area contributed by atoms with Gasteiger partial charge in [-0.2, -0.15) is 0 Å². The summed E-state index contributed by atoms with van der Waals surface area (Å²) in [6.45, 7) is 4.50. The number of thiazole rings is 1. The molecule has 0 radical (unpaired) electrons. The third-order valence-electron chi connectivity index (χ3n) is 4.07. The Morgan fingerprint density at radius 3 is 2.53 bits per heavy atom. The number of rotatable bonds is 1. The van der Waals surface area contributed by atoms with E-state index in [9.17, 15) is 0 Å². The highest BCUT2D eigenvalue weighted by atomic mass is 32.1. The Labute approximate surface area is 121 Å². The minimum absolute atomic E-state index is 0.405. The number of aliphatic imine (C=N–C) groups is 1. The summed E-state index contributed by atoms with van der Waals surface area (Å²) in [5, 5.41) is 8.07. The van der Waals surface area contributed by atoms with Crippen LogP contribution in [0.25, 0.3) is 0 Å². The van der Waals surface area contributed by atoms with E-state index in [2.05, 4.69) is 23.8 Å². The number of allylic oxidation sites excluding steroid dienone is 1. The van der Waals surface area contributed by atoms with Crippen LogP contribution < -0.4 is 5.73 Å². The average molecular weight is 292 g/mol. The molecule has 4 nitrogen and oxygen atoms in total. The predicted molar refractivity (Wildman–Crippen MR) is 82.8 cm³/mol. The van der Waals surface area contributed by atoms with Crippen molar-refractivity contribution < 1.29 is 0 Å². The Morgan fingerprint density at radius 2 is 1.95 bits per heavy atom. The molecule has 19 heavy (non-hydrogen) atoms. The van der Waals surface area contributed by atoms with Gasteiger partial charge in [-0.25, -0.2) is 4.99 Å². The van der Waals surface area contributed by atoms with Gasteiger partial charge in [0.25, 0.3) is 0 Å². The minimum atomic E-state index is 0.405. The largest absolute Gasteiger partial charge is 0.384 e. The maximum absolute atomic E-state index is 8.07. The number of aromatic amines is 1. The van der Waals surface area contributed by atoms with Crippen LogP contribution in [0.1, 0.15) is 31.6 Å². The molecule has 0 amide bonds. The zero-order chi connectivity index (χ0) is 13.7. The Morgan fingerprint density at radius 1 is 1.32 bits per heavy atom. The van der Waals surface area contributed by atoms with Gasteiger partial charge in [-0.05, 0) is 42.5 Å². The summed E-state index contributed by atoms with van der Waals surface area (Å²) < 4.78 is 0.660. The van der Waals surface area contributed by atoms with E-state index in [1.165, 1.54) is 16.9 Å². The van der Waals surface area contributed by atoms with E-state index < -0.39 is 0 Å². The molecule has 6 heteroatoms. The second-order valence-electron chi connectivity index (χ2n) is 5.39. The lowest BCUT2D eigenvalue weighted by molar-refractivity contribution is 0.370. The Bertz CT molecular complexity index is 677. The van der Waals surface area contributed by atoms with Gasteiger partial charge in [-0.15, -0.1) is 11.3 Å². The lowest BCUT2D eigenvalue weighted by atomic mass is 9.77. The van der Waals surface area contributed by atoms with Crippen LogP contribution in [0.5, 0.6) is 0 Å². The van der Waals surface area contributed by atoms with E-state index in [0.29, 0.717) is 27.4 Å². The van der Waals surface area contributed by atoms with Gasteiger partial charge in [0, 0.05) is 5.57 Å². The highest BCUT2D eigenvalue weighted by Crippen LogP contribution is 2.40. The van der Waals surface area contributed by atoms with E-state index in [-0.39, 0.29) is 0 Å². The molecule has 4 N–H and O–H groups in total. The Balaban J connectivity index is 2.09. The second kappa shape index (κ2) is 4.38. The number of nitrogens with zero attached hydrogens (tertiary/aromatic N) is 1. The van der Waals surface area contributed by atoms with Crippen LogP contribution in [-0.4, -0.2) is 16.5 Å². The Hall–Kier alpha value is -1.27. The van der Waals surface area contributed by atoms with E-state index in [1.54, 1.807) is 0 Å². The molecule has 0 bridgehead atoms. The van der Waals surface area contributed by atoms with Gasteiger partial charge in [-0.3, -0.25) is 5.41 Å². The van der Waals surface area contributed by atoms with Crippen molar-refractivity contribution in [1.82, 2.24) is 4.98 Å². The fourth-order valence-electron chi connectivity index (χ4n) is 2.72. The van der Waals surface area contributed by atoms with Gasteiger partial charge < -0.3 is 10.7 Å². The van der Waals surface area contributed by atoms with Crippen LogP contribution in [0.2, 0.25) is 0 Å². The molecule has 0 saturated heterocycles. The van der Waals surface area contributed by atoms with E-state index in [1.807, 2.05) is 0 Å². The molecule has 2 aliphatic rings. The van der Waals surface area contributed by atoms with Crippen LogP contribution in [0.4, 0.5) is 5.82 Å². The van der Waals surface area contributed by atoms with Crippen LogP contribution in [0.15, 0.2) is 16.1 Å². The third-order valence-corrected chi connectivity index (χ3v) is 5.33. The van der Waals surface area contributed by atoms with Gasteiger partial charge in [0.15, 0.2) is 3.95 Å². The first-order valence-corrected chi connectivity index (χ1v) is 7.58. The summed E-state index contributed by atoms with van der Waals surface area (Å²) in [6.07, 6.45) is 1.92. The lowest BCUT2D eigenvalue weighted by Gasteiger charge is -2.27. The fourth-order valence-corrected chi connectivity index (χ4v) is 3.86. The van der Waals surface area contributed by atoms with Gasteiger partial charge >= 0.3 is 0 Å². The molecule has 1 aliphatic heterocycles. The molecule has 1 aliphatic carbocycles. The highest BCUT2D eigenvalue weighted by molar-refractivity contribution is 7.73. The first-order chi connectivity index (χ1) is 8.97. The van der Waals surface area contributed by atoms with Crippen molar-refractivity contribution in [2.45, 2.75) is 26.7 Å². The summed E-state index contributed by atoms with van der Waals surface area (Å²) in [6, 6.07) is 0. The van der Waals surface area contributed by atoms with Crippen molar-refractivity contribution >= 4 is 40.9 Å². The first kappa shape index (κ1) is 12.7. The highest BCUT2D eigenvalue weighted by Gasteiger charge is 2.34. The molecule has 0 saturated carbocycles. The third kappa shape index (κ3) is 1.99. The number of nitrogen functional groups attached to an aromatic ring is 1. The number of hydrogen-bond donors (Lipinski definition) is 3. The van der Waals surface area contributed by atoms with Gasteiger partial charge in [0.1, 0.15) is 11.7 Å². The summed E-state index contributed by atoms with van der Waals surface area (Å²) >= 11 is 6.58. The monoisotopic (exact) mass is 292 g/mol. The zero-order valence-corrected chi connectivity index (χ0v) is 12.5. The number of aromatic nitrogens is 1. The van der Waals surface area contributed by atoms with Crippen LogP contribution in [0, 0.1) is 21.2 Å². The topological polar surface area (TPSA) is 78.0 Å². The van der Waals surface area contributed by atoms with Crippen molar-refractivity contribution in [2.75, 3.05) is 5.73 Å². The number of nitrogens with two attached hydrogens (primary N) is 1. The van der Waals surface area contributed by atoms with E-state index in [0.717, 1.165) is 29.0 Å². The van der Waals surface area contributed by atoms with Crippen molar-refractivity contribution in [2.24, 2.45) is 16.8 Å². The fraction of sp³-hybridized carbons (Fsp3) is 0.462. The summed E-state index contributed by atoms with van der Waals surface area (Å²) in [5.41, 5.74) is 9.13. The molecule has 1 aromatic heterocycles. The average Bonchev–Trinajstić information content (AvgIpc) is 2.82. The Kier molecular flexibility index (Phi) is 2.94. The molecule has 100 valence electrons. The van der Waals surface area contributed by atoms with Gasteiger partial charge in [0.05, 0.1) is 10.6 Å². The zero-order valence-electron chi connectivity index (χ0n) is 10.9. The summed E-state index contributed by atoms with van der Waals surface area (Å²) in [5.74, 6) is 2.20. The van der Waals surface area contributed by atoms with Crippen molar-refractivity contribution in [3.8, 4) is 0 Å². The van der Waals surface area contributed by atoms with Crippen molar-refractivity contribution in [3.63, 3.8) is 0 Å². The molecular formula is C13H16N4S2. The van der Waals surface area contributed by atoms with Crippen molar-refractivity contribution in [1.29, 1.82) is 5.41 Å². The number of amidine groups is 1. The molecule has 3 rings (SSSR count). The molecule has 2 atom stereocenters. The minimum Gasteiger partial charge on any atom is -0.384 e. The summed E-state index contributed by atoms with van der Waals surface area (Å²) in [4.78, 5) is 8.28. The quantitative estimate of drug-likeness (QED) is 0.692. The number of hydrogen-bond acceptors (Lipinski definition) is 4. The maximum Gasteiger partial charge on any atom is 0.160 e. The molecule has 0 spiro atoms. The SMILES string of the molecule is CC1CC2=C(CC1C)C(c1sc(=S)[nH]c1N)=NC2=N. The van der Waals surface area contributed by atoms with E-state index in [4.69, 9.17) is 23.4 Å². The van der Waals surface area contributed by atoms with Crippen molar-refractivity contribution in [3.05, 3.63) is 20.0 Å². The molecule has 2 heterocycles. The maximum atomic E-state index is 8.07. The summed E-state index contributed by atoms with van der Waals surface area (Å²) in [7, 11) is 0. The van der Waals surface area contributed by atoms with Crippen LogP contribution in [0.3, 0.4) is 0 Å². The van der Waals surface area contributed by atoms with E-state index >= 15 is 0 Å². The molecule has 0 aromatic carbocycles. The number of anilines is 1. The lowest BCUT2D eigenvalue weighted by Crippen LogP contribution is -2.19. The molecule has 0 fully saturated rings. The number of nitrogens with one attached hydrogen (secondary N) is 2. The first-order valence-electron chi connectivity index (χ1n) is 6.36. The second-order valence-corrected chi connectivity index (χ2v) is 7.07. The standard InChI is InChI=1S/C13H16N4S2/c1-5-3-7-8(4-6(5)2)11(14)16-9(7)10-12(15)17-13(18)19-10/h5-6,14H,3-4,15H2,1-2H3,(H,17,18). The van der Waals surface area contributed by atoms with Crippen LogP contribution >= 0.6 is 23.6 Å². The van der Waals surface area contributed by atoms with Crippen LogP contribution in [-0.2, 0) is 0 Å². The number of H-pyrrole nitrogens is 1. The molecule has 1 aromatic rings. The molecular weight excluding hydrogens is 276 g/mol. The molecule has 2 unspecified atom stereocenters. The van der Waals surface area contributed by atoms with Gasteiger partial charge in [0.2, 0.25) is 0 Å². The predicted octanol–water partition coefficient (Wildman–Crippen LogP) is 3.53. The van der Waals surface area contributed by atoms with Gasteiger partial charge in [-0.1, -0.05) is 13.8 Å².